The molecule has 0 aliphatic carbocycles. The molecule has 1 aromatic heterocycles. The third kappa shape index (κ3) is 4.40. The van der Waals surface area contributed by atoms with Gasteiger partial charge < -0.3 is 14.8 Å². The largest absolute Gasteiger partial charge is 0.379 e. The van der Waals surface area contributed by atoms with Crippen LogP contribution in [-0.4, -0.2) is 38.4 Å². The third-order valence-electron chi connectivity index (χ3n) is 2.86. The van der Waals surface area contributed by atoms with E-state index in [9.17, 15) is 4.79 Å². The summed E-state index contributed by atoms with van der Waals surface area (Å²) < 4.78 is 11.0. The van der Waals surface area contributed by atoms with Crippen molar-refractivity contribution in [3.63, 3.8) is 0 Å². The standard InChI is InChI=1S/C13H19NO3S/c15-13(11-4-8-18-10-11)14-5-2-6-16-9-12-3-1-7-17-12/h4,8,10,12H,1-3,5-7,9H2,(H,14,15). The van der Waals surface area contributed by atoms with Crippen LogP contribution >= 0.6 is 11.3 Å². The zero-order valence-corrected chi connectivity index (χ0v) is 11.2. The predicted octanol–water partition coefficient (Wildman–Crippen LogP) is 2.06. The van der Waals surface area contributed by atoms with Crippen LogP contribution in [0.1, 0.15) is 29.6 Å². The zero-order valence-electron chi connectivity index (χ0n) is 10.4. The fraction of sp³-hybridized carbons (Fsp3) is 0.615. The zero-order chi connectivity index (χ0) is 12.6. The number of ether oxygens (including phenoxy) is 2. The number of thiophene rings is 1. The Balaban J connectivity index is 1.47. The molecule has 2 heterocycles. The fourth-order valence-corrected chi connectivity index (χ4v) is 2.50. The molecule has 1 unspecified atom stereocenters. The summed E-state index contributed by atoms with van der Waals surface area (Å²) in [4.78, 5) is 11.6. The maximum absolute atomic E-state index is 11.6. The minimum Gasteiger partial charge on any atom is -0.379 e. The molecule has 0 bridgehead atoms. The Labute approximate surface area is 111 Å². The van der Waals surface area contributed by atoms with Gasteiger partial charge in [-0.3, -0.25) is 4.79 Å². The van der Waals surface area contributed by atoms with E-state index in [0.29, 0.717) is 19.8 Å². The van der Waals surface area contributed by atoms with E-state index < -0.39 is 0 Å². The molecule has 4 nitrogen and oxygen atoms in total. The van der Waals surface area contributed by atoms with Crippen molar-refractivity contribution < 1.29 is 14.3 Å². The quantitative estimate of drug-likeness (QED) is 0.771. The number of carbonyl (C=O) groups excluding carboxylic acids is 1. The van der Waals surface area contributed by atoms with Crippen LogP contribution in [0.4, 0.5) is 0 Å². The van der Waals surface area contributed by atoms with E-state index in [1.807, 2.05) is 16.8 Å². The molecule has 1 aliphatic heterocycles. The van der Waals surface area contributed by atoms with E-state index in [1.54, 1.807) is 0 Å². The summed E-state index contributed by atoms with van der Waals surface area (Å²) in [7, 11) is 0. The summed E-state index contributed by atoms with van der Waals surface area (Å²) in [6.07, 6.45) is 3.37. The molecule has 2 rings (SSSR count). The Bertz CT molecular complexity index is 347. The third-order valence-corrected chi connectivity index (χ3v) is 3.55. The Morgan fingerprint density at radius 2 is 2.56 bits per heavy atom. The number of amides is 1. The van der Waals surface area contributed by atoms with Crippen LogP contribution in [0.3, 0.4) is 0 Å². The number of hydrogen-bond donors (Lipinski definition) is 1. The molecule has 0 aromatic carbocycles. The van der Waals surface area contributed by atoms with Crippen LogP contribution in [0.5, 0.6) is 0 Å². The molecule has 1 saturated heterocycles. The van der Waals surface area contributed by atoms with Crippen LogP contribution in [0.15, 0.2) is 16.8 Å². The maximum Gasteiger partial charge on any atom is 0.252 e. The van der Waals surface area contributed by atoms with Gasteiger partial charge in [-0.05, 0) is 30.7 Å². The highest BCUT2D eigenvalue weighted by Crippen LogP contribution is 2.11. The van der Waals surface area contributed by atoms with Crippen molar-refractivity contribution in [2.75, 3.05) is 26.4 Å². The van der Waals surface area contributed by atoms with E-state index in [2.05, 4.69) is 5.32 Å². The van der Waals surface area contributed by atoms with Crippen LogP contribution in [0.2, 0.25) is 0 Å². The van der Waals surface area contributed by atoms with Crippen LogP contribution in [-0.2, 0) is 9.47 Å². The molecular formula is C13H19NO3S. The molecule has 0 radical (unpaired) electrons. The van der Waals surface area contributed by atoms with Crippen LogP contribution in [0, 0.1) is 0 Å². The van der Waals surface area contributed by atoms with Crippen molar-refractivity contribution in [3.05, 3.63) is 22.4 Å². The van der Waals surface area contributed by atoms with Crippen molar-refractivity contribution in [3.8, 4) is 0 Å². The summed E-state index contributed by atoms with van der Waals surface area (Å²) in [5, 5.41) is 6.62. The number of hydrogen-bond acceptors (Lipinski definition) is 4. The van der Waals surface area contributed by atoms with Crippen LogP contribution < -0.4 is 5.32 Å². The molecule has 5 heteroatoms. The minimum atomic E-state index is -0.00428. The first-order valence-corrected chi connectivity index (χ1v) is 7.30. The van der Waals surface area contributed by atoms with E-state index in [0.717, 1.165) is 31.4 Å². The molecule has 1 N–H and O–H groups in total. The molecule has 0 saturated carbocycles. The summed E-state index contributed by atoms with van der Waals surface area (Å²) >= 11 is 1.53. The maximum atomic E-state index is 11.6. The second-order valence-electron chi connectivity index (χ2n) is 4.33. The molecule has 0 spiro atoms. The number of rotatable bonds is 7. The first kappa shape index (κ1) is 13.5. The van der Waals surface area contributed by atoms with Crippen molar-refractivity contribution in [2.24, 2.45) is 0 Å². The van der Waals surface area contributed by atoms with Gasteiger partial charge in [0, 0.05) is 30.7 Å². The lowest BCUT2D eigenvalue weighted by atomic mass is 10.2. The van der Waals surface area contributed by atoms with Gasteiger partial charge in [0.05, 0.1) is 12.7 Å². The highest BCUT2D eigenvalue weighted by atomic mass is 32.1. The minimum absolute atomic E-state index is 0.00428. The Morgan fingerprint density at radius 1 is 1.61 bits per heavy atom. The van der Waals surface area contributed by atoms with Gasteiger partial charge in [-0.15, -0.1) is 0 Å². The Hall–Kier alpha value is -0.910. The normalized spacial score (nSPS) is 19.0. The lowest BCUT2D eigenvalue weighted by Crippen LogP contribution is -2.25. The molecule has 18 heavy (non-hydrogen) atoms. The van der Waals surface area contributed by atoms with Crippen molar-refractivity contribution in [1.82, 2.24) is 5.32 Å². The van der Waals surface area contributed by atoms with E-state index in [4.69, 9.17) is 9.47 Å². The monoisotopic (exact) mass is 269 g/mol. The first-order chi connectivity index (χ1) is 8.86. The smallest absolute Gasteiger partial charge is 0.252 e. The Morgan fingerprint density at radius 3 is 3.28 bits per heavy atom. The molecule has 1 aromatic rings. The van der Waals surface area contributed by atoms with Gasteiger partial charge in [-0.1, -0.05) is 0 Å². The van der Waals surface area contributed by atoms with Gasteiger partial charge in [0.2, 0.25) is 0 Å². The van der Waals surface area contributed by atoms with Gasteiger partial charge in [-0.2, -0.15) is 11.3 Å². The summed E-state index contributed by atoms with van der Waals surface area (Å²) in [5.41, 5.74) is 0.736. The molecule has 1 fully saturated rings. The lowest BCUT2D eigenvalue weighted by molar-refractivity contribution is 0.0166. The second kappa shape index (κ2) is 7.51. The van der Waals surface area contributed by atoms with Crippen LogP contribution in [0.25, 0.3) is 0 Å². The SMILES string of the molecule is O=C(NCCCOCC1CCCO1)c1ccsc1. The Kier molecular flexibility index (Phi) is 5.64. The number of nitrogens with one attached hydrogen (secondary N) is 1. The van der Waals surface area contributed by atoms with E-state index in [-0.39, 0.29) is 12.0 Å². The van der Waals surface area contributed by atoms with Gasteiger partial charge in [0.15, 0.2) is 0 Å². The molecule has 1 atom stereocenters. The van der Waals surface area contributed by atoms with Crippen molar-refractivity contribution >= 4 is 17.2 Å². The van der Waals surface area contributed by atoms with Gasteiger partial charge in [-0.25, -0.2) is 0 Å². The lowest BCUT2D eigenvalue weighted by Gasteiger charge is -2.10. The number of carbonyl (C=O) groups is 1. The molecular weight excluding hydrogens is 250 g/mol. The summed E-state index contributed by atoms with van der Waals surface area (Å²) in [6, 6.07) is 1.83. The van der Waals surface area contributed by atoms with E-state index in [1.165, 1.54) is 11.3 Å². The van der Waals surface area contributed by atoms with Gasteiger partial charge in [0.25, 0.3) is 5.91 Å². The fourth-order valence-electron chi connectivity index (χ4n) is 1.86. The summed E-state index contributed by atoms with van der Waals surface area (Å²) in [5.74, 6) is -0.00428. The van der Waals surface area contributed by atoms with Gasteiger partial charge in [0.1, 0.15) is 0 Å². The van der Waals surface area contributed by atoms with Crippen molar-refractivity contribution in [1.29, 1.82) is 0 Å². The first-order valence-electron chi connectivity index (χ1n) is 6.36. The highest BCUT2D eigenvalue weighted by molar-refractivity contribution is 7.08. The highest BCUT2D eigenvalue weighted by Gasteiger charge is 2.14. The molecule has 1 aliphatic rings. The molecule has 100 valence electrons. The predicted molar refractivity (Wildman–Crippen MR) is 71.1 cm³/mol. The average molecular weight is 269 g/mol. The van der Waals surface area contributed by atoms with E-state index >= 15 is 0 Å². The topological polar surface area (TPSA) is 47.6 Å². The average Bonchev–Trinajstić information content (AvgIpc) is 3.05. The van der Waals surface area contributed by atoms with Crippen molar-refractivity contribution in [2.45, 2.75) is 25.4 Å². The molecule has 1 amide bonds. The van der Waals surface area contributed by atoms with Gasteiger partial charge >= 0.3 is 0 Å². The second-order valence-corrected chi connectivity index (χ2v) is 5.11. The summed E-state index contributed by atoms with van der Waals surface area (Å²) in [6.45, 7) is 2.87.